The molecule has 0 aromatic carbocycles. The topological polar surface area (TPSA) is 52.6 Å². The average molecular weight is 220 g/mol. The Morgan fingerprint density at radius 3 is 2.50 bits per heavy atom. The zero-order valence-electron chi connectivity index (χ0n) is 8.47. The summed E-state index contributed by atoms with van der Waals surface area (Å²) < 4.78 is 34.4. The predicted molar refractivity (Wildman–Crippen MR) is 51.9 cm³/mol. The highest BCUT2D eigenvalue weighted by atomic mass is 32.2. The molecular weight excluding hydrogens is 204 g/mol. The standard InChI is InChI=1S/C9H16O4S/c1-3-14(10,11)7-5-13-8-6(2)4-12-9(7)8/h6-9H,3-5H2,1-2H3. The summed E-state index contributed by atoms with van der Waals surface area (Å²) in [6.45, 7) is 4.62. The molecule has 0 spiro atoms. The number of sulfone groups is 1. The highest BCUT2D eigenvalue weighted by molar-refractivity contribution is 7.92. The van der Waals surface area contributed by atoms with Gasteiger partial charge in [0.05, 0.1) is 19.3 Å². The first-order chi connectivity index (χ1) is 6.56. The van der Waals surface area contributed by atoms with Gasteiger partial charge in [-0.15, -0.1) is 0 Å². The summed E-state index contributed by atoms with van der Waals surface area (Å²) in [5.74, 6) is 0.485. The second-order valence-corrected chi connectivity index (χ2v) is 6.57. The molecule has 14 heavy (non-hydrogen) atoms. The van der Waals surface area contributed by atoms with Gasteiger partial charge >= 0.3 is 0 Å². The lowest BCUT2D eigenvalue weighted by Crippen LogP contribution is -2.36. The van der Waals surface area contributed by atoms with E-state index >= 15 is 0 Å². The second kappa shape index (κ2) is 3.47. The molecule has 5 heteroatoms. The Morgan fingerprint density at radius 1 is 1.21 bits per heavy atom. The third-order valence-electron chi connectivity index (χ3n) is 3.12. The minimum Gasteiger partial charge on any atom is -0.374 e. The maximum Gasteiger partial charge on any atom is 0.157 e. The van der Waals surface area contributed by atoms with E-state index in [0.29, 0.717) is 19.1 Å². The first-order valence-corrected chi connectivity index (χ1v) is 6.72. The van der Waals surface area contributed by atoms with Gasteiger partial charge in [-0.25, -0.2) is 8.42 Å². The fraction of sp³-hybridized carbons (Fsp3) is 1.00. The molecule has 2 saturated heterocycles. The van der Waals surface area contributed by atoms with E-state index < -0.39 is 15.1 Å². The highest BCUT2D eigenvalue weighted by Crippen LogP contribution is 2.34. The van der Waals surface area contributed by atoms with Gasteiger partial charge in [0.2, 0.25) is 0 Å². The van der Waals surface area contributed by atoms with Crippen molar-refractivity contribution in [1.29, 1.82) is 0 Å². The van der Waals surface area contributed by atoms with Gasteiger partial charge in [-0.3, -0.25) is 0 Å². The lowest BCUT2D eigenvalue weighted by molar-refractivity contribution is 0.0659. The van der Waals surface area contributed by atoms with Crippen LogP contribution in [0.25, 0.3) is 0 Å². The largest absolute Gasteiger partial charge is 0.374 e. The van der Waals surface area contributed by atoms with Crippen LogP contribution in [-0.2, 0) is 19.3 Å². The molecule has 2 heterocycles. The Hall–Kier alpha value is -0.130. The summed E-state index contributed by atoms with van der Waals surface area (Å²) >= 11 is 0. The Labute approximate surface area is 84.5 Å². The molecule has 4 atom stereocenters. The molecule has 0 amide bonds. The van der Waals surface area contributed by atoms with E-state index in [4.69, 9.17) is 9.47 Å². The van der Waals surface area contributed by atoms with Gasteiger partial charge in [0.1, 0.15) is 11.4 Å². The Morgan fingerprint density at radius 2 is 1.86 bits per heavy atom. The summed E-state index contributed by atoms with van der Waals surface area (Å²) in [6, 6.07) is 0. The van der Waals surface area contributed by atoms with E-state index in [-0.39, 0.29) is 18.0 Å². The van der Waals surface area contributed by atoms with Crippen LogP contribution in [0.4, 0.5) is 0 Å². The van der Waals surface area contributed by atoms with E-state index in [9.17, 15) is 8.42 Å². The maximum absolute atomic E-state index is 11.7. The normalized spacial score (nSPS) is 42.7. The number of hydrogen-bond donors (Lipinski definition) is 0. The summed E-state index contributed by atoms with van der Waals surface area (Å²) in [5.41, 5.74) is 0. The minimum atomic E-state index is -3.03. The SMILES string of the molecule is CCS(=O)(=O)C1COC2C(C)COC21. The van der Waals surface area contributed by atoms with Crippen molar-refractivity contribution in [2.24, 2.45) is 5.92 Å². The third kappa shape index (κ3) is 1.47. The molecule has 0 aromatic heterocycles. The van der Waals surface area contributed by atoms with E-state index in [1.165, 1.54) is 0 Å². The van der Waals surface area contributed by atoms with Crippen LogP contribution in [0.3, 0.4) is 0 Å². The van der Waals surface area contributed by atoms with E-state index in [1.54, 1.807) is 6.92 Å². The van der Waals surface area contributed by atoms with Crippen LogP contribution in [0.15, 0.2) is 0 Å². The van der Waals surface area contributed by atoms with E-state index in [1.807, 2.05) is 6.92 Å². The van der Waals surface area contributed by atoms with Crippen LogP contribution in [0.2, 0.25) is 0 Å². The van der Waals surface area contributed by atoms with E-state index in [0.717, 1.165) is 0 Å². The van der Waals surface area contributed by atoms with Gasteiger partial charge in [0, 0.05) is 11.7 Å². The summed E-state index contributed by atoms with van der Waals surface area (Å²) in [4.78, 5) is 0. The van der Waals surface area contributed by atoms with Crippen molar-refractivity contribution < 1.29 is 17.9 Å². The predicted octanol–water partition coefficient (Wildman–Crippen LogP) is 0.223. The van der Waals surface area contributed by atoms with Crippen LogP contribution in [0, 0.1) is 5.92 Å². The van der Waals surface area contributed by atoms with Gasteiger partial charge in [-0.1, -0.05) is 13.8 Å². The van der Waals surface area contributed by atoms with Gasteiger partial charge < -0.3 is 9.47 Å². The molecule has 82 valence electrons. The third-order valence-corrected chi connectivity index (χ3v) is 5.25. The van der Waals surface area contributed by atoms with Crippen molar-refractivity contribution in [3.8, 4) is 0 Å². The fourth-order valence-corrected chi connectivity index (χ4v) is 3.53. The zero-order chi connectivity index (χ0) is 10.3. The van der Waals surface area contributed by atoms with Crippen LogP contribution < -0.4 is 0 Å². The molecule has 0 aliphatic carbocycles. The summed E-state index contributed by atoms with van der Waals surface area (Å²) in [7, 11) is -3.03. The fourth-order valence-electron chi connectivity index (χ4n) is 2.18. The minimum absolute atomic E-state index is 0.0127. The Balaban J connectivity index is 2.18. The molecular formula is C9H16O4S. The molecule has 4 nitrogen and oxygen atoms in total. The monoisotopic (exact) mass is 220 g/mol. The number of hydrogen-bond acceptors (Lipinski definition) is 4. The Kier molecular flexibility index (Phi) is 2.57. The van der Waals surface area contributed by atoms with Crippen molar-refractivity contribution in [1.82, 2.24) is 0 Å². The molecule has 0 saturated carbocycles. The summed E-state index contributed by atoms with van der Waals surface area (Å²) in [6.07, 6.45) is -0.240. The van der Waals surface area contributed by atoms with Gasteiger partial charge in [0.15, 0.2) is 9.84 Å². The Bertz CT molecular complexity index is 311. The van der Waals surface area contributed by atoms with Crippen LogP contribution in [0.1, 0.15) is 13.8 Å². The number of ether oxygens (including phenoxy) is 2. The van der Waals surface area contributed by atoms with Crippen LogP contribution in [-0.4, -0.2) is 44.8 Å². The van der Waals surface area contributed by atoms with Crippen molar-refractivity contribution in [2.45, 2.75) is 31.3 Å². The van der Waals surface area contributed by atoms with Crippen molar-refractivity contribution in [2.75, 3.05) is 19.0 Å². The first-order valence-electron chi connectivity index (χ1n) is 5.01. The molecule has 0 bridgehead atoms. The maximum atomic E-state index is 11.7. The van der Waals surface area contributed by atoms with E-state index in [2.05, 4.69) is 0 Å². The quantitative estimate of drug-likeness (QED) is 0.668. The van der Waals surface area contributed by atoms with Crippen LogP contribution in [0.5, 0.6) is 0 Å². The lowest BCUT2D eigenvalue weighted by atomic mass is 10.0. The average Bonchev–Trinajstić information content (AvgIpc) is 2.69. The molecule has 2 aliphatic heterocycles. The molecule has 0 N–H and O–H groups in total. The van der Waals surface area contributed by atoms with Crippen molar-refractivity contribution in [3.63, 3.8) is 0 Å². The number of rotatable bonds is 2. The number of fused-ring (bicyclic) bond motifs is 1. The van der Waals surface area contributed by atoms with Gasteiger partial charge in [-0.2, -0.15) is 0 Å². The lowest BCUT2D eigenvalue weighted by Gasteiger charge is -2.15. The molecule has 2 fully saturated rings. The van der Waals surface area contributed by atoms with Gasteiger partial charge in [-0.05, 0) is 0 Å². The highest BCUT2D eigenvalue weighted by Gasteiger charge is 2.50. The molecule has 2 aliphatic rings. The summed E-state index contributed by atoms with van der Waals surface area (Å²) in [5, 5.41) is -0.442. The van der Waals surface area contributed by atoms with Crippen LogP contribution >= 0.6 is 0 Å². The van der Waals surface area contributed by atoms with Gasteiger partial charge in [0.25, 0.3) is 0 Å². The molecule has 0 radical (unpaired) electrons. The zero-order valence-corrected chi connectivity index (χ0v) is 9.29. The van der Waals surface area contributed by atoms with Crippen molar-refractivity contribution in [3.05, 3.63) is 0 Å². The molecule has 0 aromatic rings. The smallest absolute Gasteiger partial charge is 0.157 e. The molecule has 4 unspecified atom stereocenters. The van der Waals surface area contributed by atoms with Crippen molar-refractivity contribution >= 4 is 9.84 Å². The second-order valence-electron chi connectivity index (χ2n) is 4.06. The molecule has 2 rings (SSSR count). The first kappa shape index (κ1) is 10.4.